The Kier molecular flexibility index (Phi) is 6.28. The van der Waals surface area contributed by atoms with Gasteiger partial charge in [-0.15, -0.1) is 0 Å². The van der Waals surface area contributed by atoms with E-state index in [1.807, 2.05) is 36.4 Å². The molecule has 0 aromatic heterocycles. The highest BCUT2D eigenvalue weighted by Gasteiger charge is 2.30. The van der Waals surface area contributed by atoms with Crippen molar-refractivity contribution in [3.63, 3.8) is 0 Å². The van der Waals surface area contributed by atoms with Crippen LogP contribution in [0.3, 0.4) is 0 Å². The van der Waals surface area contributed by atoms with Crippen LogP contribution in [0.5, 0.6) is 5.75 Å². The van der Waals surface area contributed by atoms with Crippen LogP contribution in [0.25, 0.3) is 6.08 Å². The Balaban J connectivity index is 1.76. The maximum atomic E-state index is 12.3. The van der Waals surface area contributed by atoms with Crippen molar-refractivity contribution in [3.05, 3.63) is 67.2 Å². The maximum absolute atomic E-state index is 12.3. The van der Waals surface area contributed by atoms with Gasteiger partial charge in [-0.05, 0) is 76.3 Å². The van der Waals surface area contributed by atoms with Crippen LogP contribution in [0, 0.1) is 3.57 Å². The molecular formula is C19H14BrIN2O3S. The Morgan fingerprint density at radius 1 is 1.22 bits per heavy atom. The second kappa shape index (κ2) is 8.49. The van der Waals surface area contributed by atoms with Crippen molar-refractivity contribution in [2.45, 2.75) is 6.61 Å². The summed E-state index contributed by atoms with van der Waals surface area (Å²) < 4.78 is 7.77. The number of carbonyl (C=O) groups excluding carboxylic acids is 2. The normalized spacial score (nSPS) is 15.9. The van der Waals surface area contributed by atoms with Crippen molar-refractivity contribution < 1.29 is 14.3 Å². The molecule has 0 saturated carbocycles. The smallest absolute Gasteiger partial charge is 0.265 e. The number of hydrogen-bond acceptors (Lipinski definition) is 4. The predicted octanol–water partition coefficient (Wildman–Crippen LogP) is 3.89. The first-order chi connectivity index (χ1) is 12.8. The molecule has 1 saturated heterocycles. The van der Waals surface area contributed by atoms with E-state index in [1.54, 1.807) is 12.1 Å². The van der Waals surface area contributed by atoms with Gasteiger partial charge in [0.05, 0.1) is 3.57 Å². The minimum absolute atomic E-state index is 0.0467. The summed E-state index contributed by atoms with van der Waals surface area (Å²) in [5.41, 5.74) is 1.84. The summed E-state index contributed by atoms with van der Waals surface area (Å²) >= 11 is 10.5. The van der Waals surface area contributed by atoms with Crippen molar-refractivity contribution in [3.8, 4) is 5.75 Å². The number of nitrogens with zero attached hydrogens (tertiary/aromatic N) is 1. The molecule has 2 aromatic rings. The molecule has 0 unspecified atom stereocenters. The lowest BCUT2D eigenvalue weighted by molar-refractivity contribution is -0.128. The van der Waals surface area contributed by atoms with E-state index in [1.165, 1.54) is 11.9 Å². The van der Waals surface area contributed by atoms with Crippen molar-refractivity contribution in [2.75, 3.05) is 7.05 Å². The van der Waals surface area contributed by atoms with Gasteiger partial charge < -0.3 is 4.74 Å². The van der Waals surface area contributed by atoms with Crippen molar-refractivity contribution in [1.29, 1.82) is 0 Å². The van der Waals surface area contributed by atoms with Crippen LogP contribution in [0.1, 0.15) is 11.1 Å². The van der Waals surface area contributed by atoms with Crippen LogP contribution in [0.2, 0.25) is 0 Å². The average molecular weight is 557 g/mol. The zero-order valence-corrected chi connectivity index (χ0v) is 18.7. The second-order valence-electron chi connectivity index (χ2n) is 5.79. The van der Waals surface area contributed by atoms with Gasteiger partial charge in [-0.2, -0.15) is 0 Å². The van der Waals surface area contributed by atoms with E-state index in [4.69, 9.17) is 17.0 Å². The SMILES string of the molecule is CN1C(=O)/C(=C/c2ccc(OCc3ccc(Br)cc3)c(I)c2)C(=O)NC1=S. The molecule has 2 aromatic carbocycles. The molecule has 0 radical (unpaired) electrons. The van der Waals surface area contributed by atoms with Gasteiger partial charge in [-0.25, -0.2) is 0 Å². The number of ether oxygens (including phenoxy) is 1. The van der Waals surface area contributed by atoms with E-state index < -0.39 is 11.8 Å². The summed E-state index contributed by atoms with van der Waals surface area (Å²) in [6.07, 6.45) is 1.55. The maximum Gasteiger partial charge on any atom is 0.265 e. The lowest BCUT2D eigenvalue weighted by atomic mass is 10.1. The van der Waals surface area contributed by atoms with Crippen LogP contribution in [0.15, 0.2) is 52.5 Å². The summed E-state index contributed by atoms with van der Waals surface area (Å²) in [6.45, 7) is 0.451. The summed E-state index contributed by atoms with van der Waals surface area (Å²) in [5.74, 6) is -0.179. The zero-order valence-electron chi connectivity index (χ0n) is 14.2. The second-order valence-corrected chi connectivity index (χ2v) is 8.25. The molecule has 1 aliphatic rings. The molecule has 0 atom stereocenters. The lowest BCUT2D eigenvalue weighted by Gasteiger charge is -2.25. The van der Waals surface area contributed by atoms with Gasteiger partial charge in [0.1, 0.15) is 17.9 Å². The number of amides is 2. The Labute approximate surface area is 184 Å². The zero-order chi connectivity index (χ0) is 19.6. The van der Waals surface area contributed by atoms with Crippen LogP contribution in [-0.4, -0.2) is 28.9 Å². The predicted molar refractivity (Wildman–Crippen MR) is 119 cm³/mol. The molecule has 5 nitrogen and oxygen atoms in total. The molecule has 8 heteroatoms. The standard InChI is InChI=1S/C19H14BrIN2O3S/c1-23-18(25)14(17(24)22-19(23)27)8-12-4-7-16(15(21)9-12)26-10-11-2-5-13(20)6-3-11/h2-9H,10H2,1H3,(H,22,24,27)/b14-8+. The monoisotopic (exact) mass is 556 g/mol. The first kappa shape index (κ1) is 20.0. The molecule has 0 spiro atoms. The van der Waals surface area contributed by atoms with Crippen molar-refractivity contribution in [2.24, 2.45) is 0 Å². The van der Waals surface area contributed by atoms with Crippen LogP contribution in [-0.2, 0) is 16.2 Å². The summed E-state index contributed by atoms with van der Waals surface area (Å²) in [4.78, 5) is 25.6. The summed E-state index contributed by atoms with van der Waals surface area (Å²) in [5, 5.41) is 2.60. The number of thiocarbonyl (C=S) groups is 1. The first-order valence-corrected chi connectivity index (χ1v) is 10.1. The van der Waals surface area contributed by atoms with Gasteiger partial charge in [0.15, 0.2) is 5.11 Å². The molecule has 1 aliphatic heterocycles. The molecule has 2 amide bonds. The van der Waals surface area contributed by atoms with Crippen molar-refractivity contribution >= 4 is 73.7 Å². The molecular weight excluding hydrogens is 543 g/mol. The van der Waals surface area contributed by atoms with Crippen molar-refractivity contribution in [1.82, 2.24) is 10.2 Å². The highest BCUT2D eigenvalue weighted by Crippen LogP contribution is 2.25. The number of nitrogens with one attached hydrogen (secondary N) is 1. The quantitative estimate of drug-likeness (QED) is 0.269. The fourth-order valence-electron chi connectivity index (χ4n) is 2.38. The van der Waals surface area contributed by atoms with E-state index in [0.29, 0.717) is 6.61 Å². The molecule has 0 aliphatic carbocycles. The molecule has 27 heavy (non-hydrogen) atoms. The van der Waals surface area contributed by atoms with E-state index in [9.17, 15) is 9.59 Å². The molecule has 0 bridgehead atoms. The van der Waals surface area contributed by atoms with E-state index in [0.717, 1.165) is 24.9 Å². The highest BCUT2D eigenvalue weighted by atomic mass is 127. The molecule has 1 heterocycles. The molecule has 1 N–H and O–H groups in total. The Morgan fingerprint density at radius 2 is 1.93 bits per heavy atom. The van der Waals surface area contributed by atoms with Gasteiger partial charge in [0, 0.05) is 11.5 Å². The number of rotatable bonds is 4. The van der Waals surface area contributed by atoms with Crippen LogP contribution in [0.4, 0.5) is 0 Å². The van der Waals surface area contributed by atoms with Gasteiger partial charge in [0.25, 0.3) is 11.8 Å². The van der Waals surface area contributed by atoms with Crippen LogP contribution < -0.4 is 10.1 Å². The van der Waals surface area contributed by atoms with Gasteiger partial charge in [0.2, 0.25) is 0 Å². The highest BCUT2D eigenvalue weighted by molar-refractivity contribution is 14.1. The molecule has 1 fully saturated rings. The Bertz CT molecular complexity index is 960. The molecule has 3 rings (SSSR count). The number of hydrogen-bond donors (Lipinski definition) is 1. The number of benzene rings is 2. The summed E-state index contributed by atoms with van der Waals surface area (Å²) in [6, 6.07) is 13.4. The van der Waals surface area contributed by atoms with Crippen LogP contribution >= 0.6 is 50.7 Å². The average Bonchev–Trinajstić information content (AvgIpc) is 2.64. The number of carbonyl (C=O) groups is 2. The fraction of sp³-hybridized carbons (Fsp3) is 0.105. The van der Waals surface area contributed by atoms with E-state index in [2.05, 4.69) is 43.8 Å². The third-order valence-electron chi connectivity index (χ3n) is 3.88. The van der Waals surface area contributed by atoms with E-state index in [-0.39, 0.29) is 10.7 Å². The largest absolute Gasteiger partial charge is 0.488 e. The number of likely N-dealkylation sites (N-methyl/N-ethyl adjacent to an activating group) is 1. The Morgan fingerprint density at radius 3 is 2.59 bits per heavy atom. The van der Waals surface area contributed by atoms with Gasteiger partial charge >= 0.3 is 0 Å². The summed E-state index contributed by atoms with van der Waals surface area (Å²) in [7, 11) is 1.53. The third kappa shape index (κ3) is 4.74. The minimum atomic E-state index is -0.492. The molecule has 138 valence electrons. The van der Waals surface area contributed by atoms with Gasteiger partial charge in [-0.3, -0.25) is 19.8 Å². The Hall–Kier alpha value is -1.78. The number of halogens is 2. The van der Waals surface area contributed by atoms with Gasteiger partial charge in [-0.1, -0.05) is 34.1 Å². The third-order valence-corrected chi connectivity index (χ3v) is 5.63. The first-order valence-electron chi connectivity index (χ1n) is 7.87. The minimum Gasteiger partial charge on any atom is -0.488 e. The fourth-order valence-corrected chi connectivity index (χ4v) is 3.51. The van der Waals surface area contributed by atoms with E-state index >= 15 is 0 Å². The topological polar surface area (TPSA) is 58.6 Å². The lowest BCUT2D eigenvalue weighted by Crippen LogP contribution is -2.52.